The number of esters is 5. The van der Waals surface area contributed by atoms with Crippen molar-refractivity contribution in [1.29, 1.82) is 0 Å². The van der Waals surface area contributed by atoms with Gasteiger partial charge in [0.15, 0.2) is 23.7 Å². The second-order valence-corrected chi connectivity index (χ2v) is 9.79. The summed E-state index contributed by atoms with van der Waals surface area (Å²) in [5.41, 5.74) is -3.00. The maximum absolute atomic E-state index is 12.3. The van der Waals surface area contributed by atoms with Crippen molar-refractivity contribution in [3.8, 4) is 0 Å². The summed E-state index contributed by atoms with van der Waals surface area (Å²) in [4.78, 5) is 81.4. The average Bonchev–Trinajstić information content (AvgIpc) is 2.86. The van der Waals surface area contributed by atoms with Crippen LogP contribution in [-0.2, 0) is 47.7 Å². The smallest absolute Gasteiger partial charge is 0.303 e. The highest BCUT2D eigenvalue weighted by Crippen LogP contribution is 2.34. The highest BCUT2D eigenvalue weighted by molar-refractivity contribution is 7.99. The first-order chi connectivity index (χ1) is 19.6. The number of benzene rings is 1. The first kappa shape index (κ1) is 35.5. The lowest BCUT2D eigenvalue weighted by Gasteiger charge is -2.38. The van der Waals surface area contributed by atoms with Crippen molar-refractivity contribution < 1.29 is 57.5 Å². The van der Waals surface area contributed by atoms with Crippen LogP contribution in [0.1, 0.15) is 41.5 Å². The quantitative estimate of drug-likeness (QED) is 0.0921. The van der Waals surface area contributed by atoms with Gasteiger partial charge in [-0.05, 0) is 11.8 Å². The van der Waals surface area contributed by atoms with E-state index in [1.54, 1.807) is 6.92 Å². The van der Waals surface area contributed by atoms with E-state index >= 15 is 0 Å². The highest BCUT2D eigenvalue weighted by atomic mass is 32.2. The summed E-state index contributed by atoms with van der Waals surface area (Å²) in [5, 5.41) is 25.8. The minimum atomic E-state index is -1.74. The molecule has 1 aromatic carbocycles. The fourth-order valence-corrected chi connectivity index (χ4v) is 4.58. The molecule has 0 aliphatic carbocycles. The average molecular weight is 618 g/mol. The van der Waals surface area contributed by atoms with Gasteiger partial charge < -0.3 is 29.0 Å². The second-order valence-electron chi connectivity index (χ2n) is 8.42. The van der Waals surface area contributed by atoms with Gasteiger partial charge in [0.2, 0.25) is 0 Å². The lowest BCUT2D eigenvalue weighted by molar-refractivity contribution is -0.393. The highest BCUT2D eigenvalue weighted by Gasteiger charge is 2.47. The largest absolute Gasteiger partial charge is 0.462 e. The number of carbonyl (C=O) groups excluding carboxylic acids is 5. The van der Waals surface area contributed by atoms with E-state index in [2.05, 4.69) is 5.32 Å². The number of non-ortho nitro benzene ring substituents is 1. The molecule has 1 aromatic rings. The molecule has 0 unspecified atom stereocenters. The van der Waals surface area contributed by atoms with Crippen molar-refractivity contribution in [2.24, 2.45) is 0 Å². The molecule has 0 radical (unpaired) electrons. The minimum absolute atomic E-state index is 0.282. The third-order valence-corrected chi connectivity index (χ3v) is 6.09. The molecule has 0 saturated heterocycles. The Morgan fingerprint density at radius 3 is 1.81 bits per heavy atom. The Morgan fingerprint density at radius 1 is 0.810 bits per heavy atom. The van der Waals surface area contributed by atoms with Crippen LogP contribution in [0.3, 0.4) is 0 Å². The molecule has 17 nitrogen and oxygen atoms in total. The van der Waals surface area contributed by atoms with Crippen LogP contribution >= 0.6 is 11.8 Å². The monoisotopic (exact) mass is 617 g/mol. The Kier molecular flexibility index (Phi) is 14.1. The Balaban J connectivity index is 3.97. The lowest BCUT2D eigenvalue weighted by atomic mass is 9.99. The van der Waals surface area contributed by atoms with Gasteiger partial charge in [-0.3, -0.25) is 44.2 Å². The van der Waals surface area contributed by atoms with E-state index < -0.39 is 87.5 Å². The Labute approximate surface area is 243 Å². The van der Waals surface area contributed by atoms with Gasteiger partial charge in [-0.25, -0.2) is 0 Å². The van der Waals surface area contributed by atoms with E-state index in [-0.39, 0.29) is 11.4 Å². The molecule has 0 aromatic heterocycles. The van der Waals surface area contributed by atoms with Crippen LogP contribution in [0.5, 0.6) is 0 Å². The van der Waals surface area contributed by atoms with E-state index in [0.717, 1.165) is 58.5 Å². The molecule has 0 saturated carbocycles. The SMILES string of the molecule is CCS[C@H](OC(C)=O)[C@H](Nc1ccc([N+](=O)[O-])cc1[N+](=O)[O-])[C@H](OC(C)=O)[C@H](OC(C)=O)[C@@H](COC(C)=O)OC(C)=O. The van der Waals surface area contributed by atoms with Gasteiger partial charge in [-0.1, -0.05) is 6.92 Å². The van der Waals surface area contributed by atoms with Crippen molar-refractivity contribution in [2.75, 3.05) is 17.7 Å². The molecule has 42 heavy (non-hydrogen) atoms. The lowest BCUT2D eigenvalue weighted by Crippen LogP contribution is -2.57. The normalized spacial score (nSPS) is 14.1. The Hall–Kier alpha value is -4.48. The number of thioether (sulfide) groups is 1. The van der Waals surface area contributed by atoms with Gasteiger partial charge in [-0.2, -0.15) is 0 Å². The van der Waals surface area contributed by atoms with Crippen molar-refractivity contribution in [2.45, 2.75) is 71.3 Å². The predicted octanol–water partition coefficient (Wildman–Crippen LogP) is 2.28. The number of nitrogens with zero attached hydrogens (tertiary/aromatic N) is 2. The molecule has 0 aliphatic heterocycles. The third-order valence-electron chi connectivity index (χ3n) is 5.03. The molecule has 0 fully saturated rings. The number of nitro benzene ring substituents is 2. The molecule has 0 spiro atoms. The molecule has 5 atom stereocenters. The van der Waals surface area contributed by atoms with Crippen LogP contribution in [0.4, 0.5) is 17.1 Å². The molecule has 0 amide bonds. The summed E-state index contributed by atoms with van der Waals surface area (Å²) in [7, 11) is 0. The zero-order valence-electron chi connectivity index (χ0n) is 23.6. The van der Waals surface area contributed by atoms with Gasteiger partial charge in [0, 0.05) is 40.7 Å². The summed E-state index contributed by atoms with van der Waals surface area (Å²) in [6, 6.07) is 1.16. The number of anilines is 1. The third kappa shape index (κ3) is 11.6. The zero-order chi connectivity index (χ0) is 32.1. The standard InChI is InChI=1S/C24H31N3O14S/c1-7-42-24(41-16(6)32)21(25-18-9-8-17(26(33)34)10-19(18)27(35)36)23(40-15(5)31)22(39-14(4)30)20(38-13(3)29)11-37-12(2)28/h8-10,20-25H,7,11H2,1-6H3/t20-,21-,22-,23+,24+/m1/s1. The number of rotatable bonds is 16. The fraction of sp³-hybridized carbons (Fsp3) is 0.542. The molecular weight excluding hydrogens is 586 g/mol. The summed E-state index contributed by atoms with van der Waals surface area (Å²) < 4.78 is 26.5. The summed E-state index contributed by atoms with van der Waals surface area (Å²) in [5.74, 6) is -4.14. The topological polar surface area (TPSA) is 230 Å². The number of hydrogen-bond acceptors (Lipinski definition) is 16. The van der Waals surface area contributed by atoms with E-state index in [9.17, 15) is 44.2 Å². The molecule has 18 heteroatoms. The molecule has 0 heterocycles. The fourth-order valence-electron chi connectivity index (χ4n) is 3.62. The van der Waals surface area contributed by atoms with Crippen LogP contribution in [0.25, 0.3) is 0 Å². The van der Waals surface area contributed by atoms with Gasteiger partial charge in [0.05, 0.1) is 15.9 Å². The van der Waals surface area contributed by atoms with Crippen LogP contribution < -0.4 is 5.32 Å². The van der Waals surface area contributed by atoms with Crippen molar-refractivity contribution >= 4 is 58.7 Å². The Bertz CT molecular complexity index is 1190. The minimum Gasteiger partial charge on any atom is -0.462 e. The molecule has 1 N–H and O–H groups in total. The summed E-state index contributed by atoms with van der Waals surface area (Å²) >= 11 is 0.981. The summed E-state index contributed by atoms with van der Waals surface area (Å²) in [6.45, 7) is 6.13. The van der Waals surface area contributed by atoms with Gasteiger partial charge in [0.1, 0.15) is 18.3 Å². The van der Waals surface area contributed by atoms with E-state index in [0.29, 0.717) is 6.07 Å². The van der Waals surface area contributed by atoms with Crippen molar-refractivity contribution in [3.05, 3.63) is 38.4 Å². The van der Waals surface area contributed by atoms with Crippen LogP contribution in [0, 0.1) is 20.2 Å². The second kappa shape index (κ2) is 16.7. The summed E-state index contributed by atoms with van der Waals surface area (Å²) in [6.07, 6.45) is -5.05. The van der Waals surface area contributed by atoms with Gasteiger partial charge in [0.25, 0.3) is 11.4 Å². The molecule has 0 aliphatic rings. The number of nitrogens with one attached hydrogen (secondary N) is 1. The van der Waals surface area contributed by atoms with E-state index in [4.69, 9.17) is 23.7 Å². The molecular formula is C24H31N3O14S. The maximum Gasteiger partial charge on any atom is 0.303 e. The number of nitro groups is 2. The number of hydrogen-bond donors (Lipinski definition) is 1. The predicted molar refractivity (Wildman–Crippen MR) is 144 cm³/mol. The number of carbonyl (C=O) groups is 5. The van der Waals surface area contributed by atoms with Gasteiger partial charge in [-0.15, -0.1) is 11.8 Å². The molecule has 1 rings (SSSR count). The van der Waals surface area contributed by atoms with Crippen LogP contribution in [0.15, 0.2) is 18.2 Å². The van der Waals surface area contributed by atoms with Crippen LogP contribution in [-0.4, -0.2) is 81.8 Å². The first-order valence-corrected chi connectivity index (χ1v) is 13.2. The van der Waals surface area contributed by atoms with Gasteiger partial charge >= 0.3 is 29.8 Å². The van der Waals surface area contributed by atoms with E-state index in [1.807, 2.05) is 0 Å². The van der Waals surface area contributed by atoms with Crippen molar-refractivity contribution in [1.82, 2.24) is 0 Å². The maximum atomic E-state index is 12.3. The van der Waals surface area contributed by atoms with Crippen molar-refractivity contribution in [3.63, 3.8) is 0 Å². The Morgan fingerprint density at radius 2 is 1.36 bits per heavy atom. The molecule has 0 bridgehead atoms. The first-order valence-electron chi connectivity index (χ1n) is 12.2. The zero-order valence-corrected chi connectivity index (χ0v) is 24.4. The number of ether oxygens (including phenoxy) is 5. The van der Waals surface area contributed by atoms with Crippen LogP contribution in [0.2, 0.25) is 0 Å². The van der Waals surface area contributed by atoms with E-state index in [1.165, 1.54) is 0 Å². The molecule has 232 valence electrons.